The summed E-state index contributed by atoms with van der Waals surface area (Å²) < 4.78 is 36.4. The zero-order valence-electron chi connectivity index (χ0n) is 10.5. The topological polar surface area (TPSA) is 68.1 Å². The van der Waals surface area contributed by atoms with E-state index in [1.54, 1.807) is 4.90 Å². The summed E-state index contributed by atoms with van der Waals surface area (Å²) in [7, 11) is 1.47. The molecule has 0 aromatic rings. The van der Waals surface area contributed by atoms with Crippen molar-refractivity contribution >= 4 is 29.9 Å². The fourth-order valence-corrected chi connectivity index (χ4v) is 1.71. The van der Waals surface area contributed by atoms with Gasteiger partial charge in [0.1, 0.15) is 0 Å². The van der Waals surface area contributed by atoms with Crippen LogP contribution in [0.25, 0.3) is 0 Å². The van der Waals surface area contributed by atoms with E-state index >= 15 is 0 Å². The minimum Gasteiger partial charge on any atom is -0.393 e. The minimum absolute atomic E-state index is 0. The number of hydrogen-bond donors (Lipinski definition) is 3. The lowest BCUT2D eigenvalue weighted by Crippen LogP contribution is -2.50. The van der Waals surface area contributed by atoms with E-state index in [1.807, 2.05) is 0 Å². The van der Waals surface area contributed by atoms with Crippen molar-refractivity contribution in [3.05, 3.63) is 0 Å². The number of aliphatic imine (C=N–C) groups is 1. The normalized spacial score (nSPS) is 19.9. The Labute approximate surface area is 126 Å². The predicted molar refractivity (Wildman–Crippen MR) is 75.7 cm³/mol. The molecule has 9 heteroatoms. The average Bonchev–Trinajstić information content (AvgIpc) is 2.30. The summed E-state index contributed by atoms with van der Waals surface area (Å²) in [6.45, 7) is 0.432. The Morgan fingerprint density at radius 2 is 1.95 bits per heavy atom. The molecule has 0 bridgehead atoms. The van der Waals surface area contributed by atoms with E-state index in [-0.39, 0.29) is 30.1 Å². The maximum Gasteiger partial charge on any atom is 0.416 e. The molecule has 1 rings (SSSR count). The smallest absolute Gasteiger partial charge is 0.393 e. The number of likely N-dealkylation sites (tertiary alicyclic amines) is 1. The van der Waals surface area contributed by atoms with Gasteiger partial charge in [-0.05, 0) is 12.8 Å². The van der Waals surface area contributed by atoms with Crippen molar-refractivity contribution in [1.29, 1.82) is 0 Å². The highest BCUT2D eigenvalue weighted by atomic mass is 127. The van der Waals surface area contributed by atoms with Crippen LogP contribution in [0.3, 0.4) is 0 Å². The molecule has 0 aromatic heterocycles. The summed E-state index contributed by atoms with van der Waals surface area (Å²) in [5.74, 6) is 0.310. The highest BCUT2D eigenvalue weighted by Gasteiger charge is 2.38. The Morgan fingerprint density at radius 1 is 1.42 bits per heavy atom. The second-order valence-electron chi connectivity index (χ2n) is 4.20. The van der Waals surface area contributed by atoms with Crippen molar-refractivity contribution in [3.8, 4) is 0 Å². The maximum atomic E-state index is 12.1. The molecule has 3 N–H and O–H groups in total. The zero-order chi connectivity index (χ0) is 13.8. The first kappa shape index (κ1) is 18.7. The molecule has 0 radical (unpaired) electrons. The van der Waals surface area contributed by atoms with Crippen LogP contribution in [0.15, 0.2) is 4.99 Å². The van der Waals surface area contributed by atoms with E-state index in [9.17, 15) is 18.3 Å². The van der Waals surface area contributed by atoms with Crippen LogP contribution < -0.4 is 5.32 Å². The highest BCUT2D eigenvalue weighted by molar-refractivity contribution is 14.0. The van der Waals surface area contributed by atoms with Crippen LogP contribution in [-0.2, 0) is 0 Å². The van der Waals surface area contributed by atoms with E-state index in [1.165, 1.54) is 7.05 Å². The fraction of sp³-hybridized carbons (Fsp3) is 0.900. The monoisotopic (exact) mass is 397 g/mol. The van der Waals surface area contributed by atoms with Gasteiger partial charge in [-0.15, -0.1) is 24.0 Å². The lowest BCUT2D eigenvalue weighted by Gasteiger charge is -2.32. The highest BCUT2D eigenvalue weighted by Crippen LogP contribution is 2.19. The summed E-state index contributed by atoms with van der Waals surface area (Å²) in [6, 6.07) is 0. The standard InChI is InChI=1S/C10H18F3N3O2.HI/c1-14-9(15-6-8(18)10(11,12)13)16-4-2-7(17)3-5-16;/h7-8,17-18H,2-6H2,1H3,(H,14,15);1H. The van der Waals surface area contributed by atoms with E-state index in [2.05, 4.69) is 10.3 Å². The second-order valence-corrected chi connectivity index (χ2v) is 4.20. The summed E-state index contributed by atoms with van der Waals surface area (Å²) in [6.07, 6.45) is -6.29. The average molecular weight is 397 g/mol. The maximum absolute atomic E-state index is 12.1. The van der Waals surface area contributed by atoms with Gasteiger partial charge in [0, 0.05) is 20.1 Å². The van der Waals surface area contributed by atoms with Crippen LogP contribution in [-0.4, -0.2) is 66.1 Å². The number of piperidine rings is 1. The molecule has 0 spiro atoms. The Kier molecular flexibility index (Phi) is 7.98. The Hall–Kier alpha value is -0.290. The molecule has 114 valence electrons. The number of guanidine groups is 1. The molecule has 5 nitrogen and oxygen atoms in total. The van der Waals surface area contributed by atoms with Gasteiger partial charge in [-0.3, -0.25) is 4.99 Å². The number of nitrogens with zero attached hydrogens (tertiary/aromatic N) is 2. The lowest BCUT2D eigenvalue weighted by atomic mass is 10.1. The van der Waals surface area contributed by atoms with Crippen molar-refractivity contribution in [2.45, 2.75) is 31.2 Å². The van der Waals surface area contributed by atoms with Crippen LogP contribution in [0.4, 0.5) is 13.2 Å². The van der Waals surface area contributed by atoms with E-state index < -0.39 is 18.8 Å². The van der Waals surface area contributed by atoms with E-state index in [0.717, 1.165) is 0 Å². The Balaban J connectivity index is 0.00000324. The van der Waals surface area contributed by atoms with Crippen molar-refractivity contribution in [2.24, 2.45) is 4.99 Å². The third-order valence-electron chi connectivity index (χ3n) is 2.81. The molecule has 1 aliphatic rings. The molecule has 0 amide bonds. The van der Waals surface area contributed by atoms with Crippen LogP contribution in [0, 0.1) is 0 Å². The van der Waals surface area contributed by atoms with Crippen LogP contribution in [0.1, 0.15) is 12.8 Å². The fourth-order valence-electron chi connectivity index (χ4n) is 1.71. The predicted octanol–water partition coefficient (Wildman–Crippen LogP) is 0.560. The molecular formula is C10H19F3IN3O2. The molecule has 0 saturated carbocycles. The van der Waals surface area contributed by atoms with Crippen molar-refractivity contribution < 1.29 is 23.4 Å². The van der Waals surface area contributed by atoms with Gasteiger partial charge in [0.25, 0.3) is 0 Å². The molecule has 19 heavy (non-hydrogen) atoms. The number of rotatable bonds is 2. The quantitative estimate of drug-likeness (QED) is 0.362. The van der Waals surface area contributed by atoms with Crippen LogP contribution in [0.2, 0.25) is 0 Å². The molecule has 1 saturated heterocycles. The van der Waals surface area contributed by atoms with Gasteiger partial charge in [0.2, 0.25) is 0 Å². The number of hydrogen-bond acceptors (Lipinski definition) is 3. The number of alkyl halides is 3. The molecule has 1 unspecified atom stereocenters. The zero-order valence-corrected chi connectivity index (χ0v) is 12.9. The van der Waals surface area contributed by atoms with E-state index in [4.69, 9.17) is 5.11 Å². The number of aliphatic hydroxyl groups is 2. The van der Waals surface area contributed by atoms with E-state index in [0.29, 0.717) is 31.9 Å². The summed E-state index contributed by atoms with van der Waals surface area (Å²) in [5.41, 5.74) is 0. The summed E-state index contributed by atoms with van der Waals surface area (Å²) in [5, 5.41) is 20.7. The third-order valence-corrected chi connectivity index (χ3v) is 2.81. The van der Waals surface area contributed by atoms with Crippen molar-refractivity contribution in [3.63, 3.8) is 0 Å². The first-order valence-corrected chi connectivity index (χ1v) is 5.73. The van der Waals surface area contributed by atoms with Gasteiger partial charge in [-0.2, -0.15) is 13.2 Å². The third kappa shape index (κ3) is 6.13. The number of aliphatic hydroxyl groups excluding tert-OH is 2. The molecule has 1 heterocycles. The second kappa shape index (κ2) is 8.10. The van der Waals surface area contributed by atoms with Gasteiger partial charge < -0.3 is 20.4 Å². The van der Waals surface area contributed by atoms with Gasteiger partial charge in [0.05, 0.1) is 12.6 Å². The molecule has 0 aromatic carbocycles. The molecule has 1 fully saturated rings. The molecule has 1 aliphatic heterocycles. The minimum atomic E-state index is -4.63. The largest absolute Gasteiger partial charge is 0.416 e. The van der Waals surface area contributed by atoms with Gasteiger partial charge in [0.15, 0.2) is 12.1 Å². The summed E-state index contributed by atoms with van der Waals surface area (Å²) >= 11 is 0. The van der Waals surface area contributed by atoms with Crippen molar-refractivity contribution in [2.75, 3.05) is 26.7 Å². The van der Waals surface area contributed by atoms with Gasteiger partial charge >= 0.3 is 6.18 Å². The molecular weight excluding hydrogens is 378 g/mol. The van der Waals surface area contributed by atoms with Gasteiger partial charge in [-0.25, -0.2) is 0 Å². The number of nitrogens with one attached hydrogen (secondary N) is 1. The van der Waals surface area contributed by atoms with Crippen LogP contribution in [0.5, 0.6) is 0 Å². The number of halogens is 4. The first-order valence-electron chi connectivity index (χ1n) is 5.73. The van der Waals surface area contributed by atoms with Gasteiger partial charge in [-0.1, -0.05) is 0 Å². The Bertz CT molecular complexity index is 294. The van der Waals surface area contributed by atoms with Crippen LogP contribution >= 0.6 is 24.0 Å². The SMILES string of the molecule is CN=C(NCC(O)C(F)(F)F)N1CCC(O)CC1.I. The Morgan fingerprint density at radius 3 is 2.37 bits per heavy atom. The lowest BCUT2D eigenvalue weighted by molar-refractivity contribution is -0.201. The van der Waals surface area contributed by atoms with Crippen molar-refractivity contribution in [1.82, 2.24) is 10.2 Å². The summed E-state index contributed by atoms with van der Waals surface area (Å²) in [4.78, 5) is 5.62. The first-order chi connectivity index (χ1) is 8.34. The molecule has 0 aliphatic carbocycles. The molecule has 1 atom stereocenters.